The molecular formula is C14H29N3O2. The van der Waals surface area contributed by atoms with Gasteiger partial charge in [-0.1, -0.05) is 27.7 Å². The molecule has 0 spiro atoms. The van der Waals surface area contributed by atoms with Crippen LogP contribution < -0.4 is 16.0 Å². The first-order valence-corrected chi connectivity index (χ1v) is 7.26. The van der Waals surface area contributed by atoms with Crippen LogP contribution in [0.4, 0.5) is 0 Å². The van der Waals surface area contributed by atoms with Gasteiger partial charge in [0, 0.05) is 25.6 Å². The van der Waals surface area contributed by atoms with E-state index in [2.05, 4.69) is 43.6 Å². The van der Waals surface area contributed by atoms with Crippen molar-refractivity contribution in [2.24, 2.45) is 5.92 Å². The zero-order valence-electron chi connectivity index (χ0n) is 12.7. The summed E-state index contributed by atoms with van der Waals surface area (Å²) in [5, 5.41) is 8.77. The van der Waals surface area contributed by atoms with Gasteiger partial charge in [0.2, 0.25) is 11.8 Å². The van der Waals surface area contributed by atoms with Crippen molar-refractivity contribution in [3.05, 3.63) is 0 Å². The van der Waals surface area contributed by atoms with Crippen LogP contribution in [0.15, 0.2) is 0 Å². The summed E-state index contributed by atoms with van der Waals surface area (Å²) in [6, 6.07) is 0.253. The van der Waals surface area contributed by atoms with E-state index in [9.17, 15) is 9.59 Å². The van der Waals surface area contributed by atoms with Crippen LogP contribution in [0.1, 0.15) is 47.0 Å². The monoisotopic (exact) mass is 271 g/mol. The first-order chi connectivity index (χ1) is 8.99. The second-order valence-electron chi connectivity index (χ2n) is 5.21. The van der Waals surface area contributed by atoms with Gasteiger partial charge in [0.15, 0.2) is 0 Å². The van der Waals surface area contributed by atoms with Crippen molar-refractivity contribution in [2.75, 3.05) is 19.6 Å². The molecule has 0 saturated heterocycles. The SMILES string of the molecule is CCC(CC)NC(=O)CNCCC(=O)NCC(C)C. The predicted octanol–water partition coefficient (Wildman–Crippen LogP) is 1.04. The van der Waals surface area contributed by atoms with Crippen LogP contribution in [0.25, 0.3) is 0 Å². The maximum atomic E-state index is 11.6. The molecule has 0 heterocycles. The van der Waals surface area contributed by atoms with Gasteiger partial charge in [-0.2, -0.15) is 0 Å². The summed E-state index contributed by atoms with van der Waals surface area (Å²) in [6.45, 7) is 9.73. The summed E-state index contributed by atoms with van der Waals surface area (Å²) in [4.78, 5) is 23.0. The lowest BCUT2D eigenvalue weighted by molar-refractivity contribution is -0.122. The number of rotatable bonds is 10. The number of amides is 2. The van der Waals surface area contributed by atoms with Crippen LogP contribution in [0.2, 0.25) is 0 Å². The Bertz CT molecular complexity index is 263. The Labute approximate surface area is 116 Å². The molecule has 0 rings (SSSR count). The van der Waals surface area contributed by atoms with Crippen molar-refractivity contribution in [1.82, 2.24) is 16.0 Å². The second kappa shape index (κ2) is 10.8. The van der Waals surface area contributed by atoms with Gasteiger partial charge in [-0.15, -0.1) is 0 Å². The van der Waals surface area contributed by atoms with E-state index in [1.165, 1.54) is 0 Å². The highest BCUT2D eigenvalue weighted by molar-refractivity contribution is 5.78. The molecule has 2 amide bonds. The van der Waals surface area contributed by atoms with E-state index in [0.717, 1.165) is 12.8 Å². The number of carbonyl (C=O) groups is 2. The standard InChI is InChI=1S/C14H29N3O2/c1-5-12(6-2)17-14(19)10-15-8-7-13(18)16-9-11(3)4/h11-12,15H,5-10H2,1-4H3,(H,16,18)(H,17,19). The molecular weight excluding hydrogens is 242 g/mol. The van der Waals surface area contributed by atoms with Gasteiger partial charge in [-0.3, -0.25) is 9.59 Å². The molecule has 0 aromatic heterocycles. The van der Waals surface area contributed by atoms with Crippen LogP contribution in [-0.4, -0.2) is 37.5 Å². The first-order valence-electron chi connectivity index (χ1n) is 7.26. The Balaban J connectivity index is 3.57. The van der Waals surface area contributed by atoms with Crippen LogP contribution in [-0.2, 0) is 9.59 Å². The van der Waals surface area contributed by atoms with Crippen LogP contribution in [0, 0.1) is 5.92 Å². The maximum Gasteiger partial charge on any atom is 0.234 e. The Hall–Kier alpha value is -1.10. The second-order valence-corrected chi connectivity index (χ2v) is 5.21. The van der Waals surface area contributed by atoms with Crippen molar-refractivity contribution in [2.45, 2.75) is 53.0 Å². The molecule has 0 unspecified atom stereocenters. The molecule has 3 N–H and O–H groups in total. The minimum atomic E-state index is -0.00344. The van der Waals surface area contributed by atoms with Crippen LogP contribution in [0.5, 0.6) is 0 Å². The summed E-state index contributed by atoms with van der Waals surface area (Å²) in [5.41, 5.74) is 0. The Morgan fingerprint density at radius 3 is 2.21 bits per heavy atom. The molecule has 0 aliphatic carbocycles. The van der Waals surface area contributed by atoms with Crippen molar-refractivity contribution < 1.29 is 9.59 Å². The lowest BCUT2D eigenvalue weighted by Gasteiger charge is -2.14. The normalized spacial score (nSPS) is 10.8. The van der Waals surface area contributed by atoms with Crippen LogP contribution in [0.3, 0.4) is 0 Å². The van der Waals surface area contributed by atoms with E-state index in [4.69, 9.17) is 0 Å². The summed E-state index contributed by atoms with van der Waals surface area (Å²) in [7, 11) is 0. The highest BCUT2D eigenvalue weighted by Crippen LogP contribution is 1.94. The van der Waals surface area contributed by atoms with Crippen LogP contribution >= 0.6 is 0 Å². The van der Waals surface area contributed by atoms with E-state index in [1.807, 2.05) is 0 Å². The van der Waals surface area contributed by atoms with Gasteiger partial charge in [0.1, 0.15) is 0 Å². The average Bonchev–Trinajstić information content (AvgIpc) is 2.38. The molecule has 0 bridgehead atoms. The first kappa shape index (κ1) is 17.9. The predicted molar refractivity (Wildman–Crippen MR) is 77.8 cm³/mol. The Morgan fingerprint density at radius 1 is 1.05 bits per heavy atom. The van der Waals surface area contributed by atoms with E-state index in [-0.39, 0.29) is 24.4 Å². The number of carbonyl (C=O) groups excluding carboxylic acids is 2. The van der Waals surface area contributed by atoms with Crippen molar-refractivity contribution in [3.63, 3.8) is 0 Å². The molecule has 5 heteroatoms. The molecule has 112 valence electrons. The fourth-order valence-electron chi connectivity index (χ4n) is 1.58. The minimum Gasteiger partial charge on any atom is -0.356 e. The summed E-state index contributed by atoms with van der Waals surface area (Å²) in [5.74, 6) is 0.487. The zero-order valence-corrected chi connectivity index (χ0v) is 12.7. The molecule has 0 radical (unpaired) electrons. The third-order valence-corrected chi connectivity index (χ3v) is 2.87. The Kier molecular flexibility index (Phi) is 10.2. The number of hydrogen-bond acceptors (Lipinski definition) is 3. The molecule has 0 saturated carbocycles. The largest absolute Gasteiger partial charge is 0.356 e. The fourth-order valence-corrected chi connectivity index (χ4v) is 1.58. The molecule has 0 aliphatic rings. The maximum absolute atomic E-state index is 11.6. The fraction of sp³-hybridized carbons (Fsp3) is 0.857. The topological polar surface area (TPSA) is 70.2 Å². The molecule has 0 fully saturated rings. The van der Waals surface area contributed by atoms with E-state index < -0.39 is 0 Å². The summed E-state index contributed by atoms with van der Waals surface area (Å²) < 4.78 is 0. The van der Waals surface area contributed by atoms with Gasteiger partial charge in [0.25, 0.3) is 0 Å². The minimum absolute atomic E-state index is 0.00344. The van der Waals surface area contributed by atoms with Gasteiger partial charge in [-0.25, -0.2) is 0 Å². The van der Waals surface area contributed by atoms with Crippen molar-refractivity contribution in [3.8, 4) is 0 Å². The third kappa shape index (κ3) is 10.5. The molecule has 0 aliphatic heterocycles. The molecule has 0 aromatic rings. The van der Waals surface area contributed by atoms with E-state index in [1.54, 1.807) is 0 Å². The van der Waals surface area contributed by atoms with Crippen molar-refractivity contribution >= 4 is 11.8 Å². The summed E-state index contributed by atoms with van der Waals surface area (Å²) in [6.07, 6.45) is 2.30. The lowest BCUT2D eigenvalue weighted by atomic mass is 10.2. The van der Waals surface area contributed by atoms with E-state index in [0.29, 0.717) is 25.4 Å². The lowest BCUT2D eigenvalue weighted by Crippen LogP contribution is -2.40. The Morgan fingerprint density at radius 2 is 1.68 bits per heavy atom. The highest BCUT2D eigenvalue weighted by atomic mass is 16.2. The number of hydrogen-bond donors (Lipinski definition) is 3. The smallest absolute Gasteiger partial charge is 0.234 e. The van der Waals surface area contributed by atoms with Gasteiger partial charge in [0.05, 0.1) is 6.54 Å². The molecule has 0 aromatic carbocycles. The molecule has 0 atom stereocenters. The van der Waals surface area contributed by atoms with Gasteiger partial charge >= 0.3 is 0 Å². The number of nitrogens with one attached hydrogen (secondary N) is 3. The molecule has 19 heavy (non-hydrogen) atoms. The van der Waals surface area contributed by atoms with Crippen molar-refractivity contribution in [1.29, 1.82) is 0 Å². The van der Waals surface area contributed by atoms with Gasteiger partial charge in [-0.05, 0) is 18.8 Å². The van der Waals surface area contributed by atoms with E-state index >= 15 is 0 Å². The zero-order chi connectivity index (χ0) is 14.7. The van der Waals surface area contributed by atoms with Gasteiger partial charge < -0.3 is 16.0 Å². The summed E-state index contributed by atoms with van der Waals surface area (Å²) >= 11 is 0. The average molecular weight is 271 g/mol. The molecule has 5 nitrogen and oxygen atoms in total. The quantitative estimate of drug-likeness (QED) is 0.520. The highest BCUT2D eigenvalue weighted by Gasteiger charge is 2.08. The third-order valence-electron chi connectivity index (χ3n) is 2.87.